The second kappa shape index (κ2) is 4.91. The number of piperidine rings is 1. The summed E-state index contributed by atoms with van der Waals surface area (Å²) in [6.45, 7) is 2.88. The molecule has 1 heterocycles. The van der Waals surface area contributed by atoms with E-state index in [2.05, 4.69) is 6.92 Å². The summed E-state index contributed by atoms with van der Waals surface area (Å²) < 4.78 is 26.1. The van der Waals surface area contributed by atoms with Crippen molar-refractivity contribution in [3.05, 3.63) is 0 Å². The second-order valence-electron chi connectivity index (χ2n) is 5.51. The Labute approximate surface area is 101 Å². The molecule has 0 aromatic heterocycles. The van der Waals surface area contributed by atoms with Gasteiger partial charge in [-0.2, -0.15) is 0 Å². The van der Waals surface area contributed by atoms with Crippen molar-refractivity contribution < 1.29 is 13.6 Å². The molecule has 0 N–H and O–H groups in total. The summed E-state index contributed by atoms with van der Waals surface area (Å²) in [5.74, 6) is -2.58. The highest BCUT2D eigenvalue weighted by Crippen LogP contribution is 2.37. The van der Waals surface area contributed by atoms with E-state index in [0.29, 0.717) is 18.9 Å². The first-order valence-electron chi connectivity index (χ1n) is 6.68. The quantitative estimate of drug-likeness (QED) is 0.694. The van der Waals surface area contributed by atoms with Gasteiger partial charge in [0.25, 0.3) is 0 Å². The Bertz CT molecular complexity index is 283. The fraction of sp³-hybridized carbons (Fsp3) is 0.923. The lowest BCUT2D eigenvalue weighted by Gasteiger charge is -2.37. The maximum absolute atomic E-state index is 13.0. The van der Waals surface area contributed by atoms with Crippen LogP contribution in [0.15, 0.2) is 0 Å². The predicted octanol–water partition coefficient (Wildman–Crippen LogP) is 3.21. The normalized spacial score (nSPS) is 30.3. The van der Waals surface area contributed by atoms with Gasteiger partial charge in [0, 0.05) is 31.3 Å². The summed E-state index contributed by atoms with van der Waals surface area (Å²) in [6, 6.07) is 0.290. The maximum Gasteiger partial charge on any atom is 0.248 e. The van der Waals surface area contributed by atoms with E-state index in [0.717, 1.165) is 19.4 Å². The van der Waals surface area contributed by atoms with E-state index in [1.807, 2.05) is 4.90 Å². The number of halogens is 2. The average Bonchev–Trinajstić information content (AvgIpc) is 2.29. The molecule has 2 nitrogen and oxygen atoms in total. The van der Waals surface area contributed by atoms with Gasteiger partial charge in [0.2, 0.25) is 11.8 Å². The molecule has 2 rings (SSSR count). The third-order valence-corrected chi connectivity index (χ3v) is 4.15. The molecule has 1 saturated carbocycles. The third kappa shape index (κ3) is 2.96. The van der Waals surface area contributed by atoms with Crippen LogP contribution in [0.3, 0.4) is 0 Å². The molecule has 1 unspecified atom stereocenters. The van der Waals surface area contributed by atoms with Crippen molar-refractivity contribution in [1.29, 1.82) is 0 Å². The minimum absolute atomic E-state index is 0.118. The summed E-state index contributed by atoms with van der Waals surface area (Å²) in [4.78, 5) is 14.2. The molecule has 0 aromatic rings. The molecule has 1 aliphatic heterocycles. The number of carbonyl (C=O) groups is 1. The van der Waals surface area contributed by atoms with Crippen molar-refractivity contribution in [2.75, 3.05) is 6.54 Å². The lowest BCUT2D eigenvalue weighted by Crippen LogP contribution is -2.46. The number of carbonyl (C=O) groups excluding carboxylic acids is 1. The molecule has 1 saturated heterocycles. The smallest absolute Gasteiger partial charge is 0.248 e. The first-order chi connectivity index (χ1) is 7.99. The third-order valence-electron chi connectivity index (χ3n) is 4.15. The molecule has 4 heteroatoms. The number of rotatable bonds is 1. The van der Waals surface area contributed by atoms with Gasteiger partial charge in [-0.25, -0.2) is 8.78 Å². The molecular formula is C13H21F2NO. The van der Waals surface area contributed by atoms with Crippen LogP contribution in [0.1, 0.15) is 51.9 Å². The summed E-state index contributed by atoms with van der Waals surface area (Å²) in [7, 11) is 0. The minimum atomic E-state index is -2.54. The molecule has 2 aliphatic rings. The zero-order valence-corrected chi connectivity index (χ0v) is 10.4. The van der Waals surface area contributed by atoms with E-state index in [-0.39, 0.29) is 24.7 Å². The highest BCUT2D eigenvalue weighted by atomic mass is 19.3. The van der Waals surface area contributed by atoms with Crippen LogP contribution >= 0.6 is 0 Å². The van der Waals surface area contributed by atoms with Crippen LogP contribution in [0.4, 0.5) is 8.78 Å². The van der Waals surface area contributed by atoms with E-state index >= 15 is 0 Å². The number of hydrogen-bond acceptors (Lipinski definition) is 1. The van der Waals surface area contributed by atoms with Gasteiger partial charge in [-0.05, 0) is 39.0 Å². The summed E-state index contributed by atoms with van der Waals surface area (Å²) in [6.07, 6.45) is 3.75. The number of amides is 1. The monoisotopic (exact) mass is 245 g/mol. The van der Waals surface area contributed by atoms with Gasteiger partial charge in [-0.15, -0.1) is 0 Å². The minimum Gasteiger partial charge on any atom is -0.340 e. The molecular weight excluding hydrogens is 224 g/mol. The van der Waals surface area contributed by atoms with Gasteiger partial charge in [0.05, 0.1) is 0 Å². The fourth-order valence-corrected chi connectivity index (χ4v) is 2.95. The van der Waals surface area contributed by atoms with Crippen LogP contribution < -0.4 is 0 Å². The van der Waals surface area contributed by atoms with E-state index in [4.69, 9.17) is 0 Å². The van der Waals surface area contributed by atoms with Crippen LogP contribution in [0, 0.1) is 5.92 Å². The fourth-order valence-electron chi connectivity index (χ4n) is 2.95. The largest absolute Gasteiger partial charge is 0.340 e. The standard InChI is InChI=1S/C13H21F2NO/c1-10-4-2-3-9-16(10)12(17)11-5-7-13(14,15)8-6-11/h10-11H,2-9H2,1H3. The number of hydrogen-bond donors (Lipinski definition) is 0. The number of nitrogens with zero attached hydrogens (tertiary/aromatic N) is 1. The number of alkyl halides is 2. The van der Waals surface area contributed by atoms with Gasteiger partial charge >= 0.3 is 0 Å². The topological polar surface area (TPSA) is 20.3 Å². The molecule has 98 valence electrons. The van der Waals surface area contributed by atoms with E-state index in [9.17, 15) is 13.6 Å². The van der Waals surface area contributed by atoms with Gasteiger partial charge in [-0.3, -0.25) is 4.79 Å². The Hall–Kier alpha value is -0.670. The Morgan fingerprint density at radius 3 is 2.41 bits per heavy atom. The Morgan fingerprint density at radius 1 is 1.18 bits per heavy atom. The first-order valence-corrected chi connectivity index (χ1v) is 6.68. The summed E-state index contributed by atoms with van der Waals surface area (Å²) in [5.41, 5.74) is 0. The zero-order chi connectivity index (χ0) is 12.5. The SMILES string of the molecule is CC1CCCCN1C(=O)C1CCC(F)(F)CC1. The summed E-state index contributed by atoms with van der Waals surface area (Å²) in [5, 5.41) is 0. The molecule has 1 atom stereocenters. The van der Waals surface area contributed by atoms with E-state index in [1.54, 1.807) is 0 Å². The lowest BCUT2D eigenvalue weighted by molar-refractivity contribution is -0.142. The van der Waals surface area contributed by atoms with Crippen molar-refractivity contribution in [2.45, 2.75) is 63.8 Å². The van der Waals surface area contributed by atoms with Crippen LogP contribution in [0.5, 0.6) is 0 Å². The van der Waals surface area contributed by atoms with Crippen molar-refractivity contribution in [1.82, 2.24) is 4.90 Å². The molecule has 0 bridgehead atoms. The average molecular weight is 245 g/mol. The molecule has 0 spiro atoms. The van der Waals surface area contributed by atoms with Gasteiger partial charge < -0.3 is 4.90 Å². The van der Waals surface area contributed by atoms with Crippen molar-refractivity contribution in [3.63, 3.8) is 0 Å². The van der Waals surface area contributed by atoms with Gasteiger partial charge in [-0.1, -0.05) is 0 Å². The maximum atomic E-state index is 13.0. The molecule has 17 heavy (non-hydrogen) atoms. The number of likely N-dealkylation sites (tertiary alicyclic amines) is 1. The summed E-state index contributed by atoms with van der Waals surface area (Å²) >= 11 is 0. The van der Waals surface area contributed by atoms with Gasteiger partial charge in [0.1, 0.15) is 0 Å². The van der Waals surface area contributed by atoms with Crippen molar-refractivity contribution in [2.24, 2.45) is 5.92 Å². The van der Waals surface area contributed by atoms with Crippen LogP contribution in [0.25, 0.3) is 0 Å². The Kier molecular flexibility index (Phi) is 3.69. The lowest BCUT2D eigenvalue weighted by atomic mass is 9.85. The highest BCUT2D eigenvalue weighted by molar-refractivity contribution is 5.79. The highest BCUT2D eigenvalue weighted by Gasteiger charge is 2.39. The van der Waals surface area contributed by atoms with E-state index < -0.39 is 5.92 Å². The second-order valence-corrected chi connectivity index (χ2v) is 5.51. The molecule has 2 fully saturated rings. The van der Waals surface area contributed by atoms with Crippen molar-refractivity contribution >= 4 is 5.91 Å². The molecule has 0 radical (unpaired) electrons. The molecule has 1 amide bonds. The first kappa shape index (κ1) is 12.8. The Balaban J connectivity index is 1.92. The van der Waals surface area contributed by atoms with E-state index in [1.165, 1.54) is 6.42 Å². The van der Waals surface area contributed by atoms with Gasteiger partial charge in [0.15, 0.2) is 0 Å². The van der Waals surface area contributed by atoms with Crippen LogP contribution in [0.2, 0.25) is 0 Å². The van der Waals surface area contributed by atoms with Crippen LogP contribution in [-0.2, 0) is 4.79 Å². The molecule has 0 aromatic carbocycles. The predicted molar refractivity (Wildman–Crippen MR) is 61.9 cm³/mol. The Morgan fingerprint density at radius 2 is 1.82 bits per heavy atom. The zero-order valence-electron chi connectivity index (χ0n) is 10.4. The van der Waals surface area contributed by atoms with Crippen molar-refractivity contribution in [3.8, 4) is 0 Å². The molecule has 1 aliphatic carbocycles. The van der Waals surface area contributed by atoms with Crippen LogP contribution in [-0.4, -0.2) is 29.3 Å².